The van der Waals surface area contributed by atoms with Gasteiger partial charge in [0.05, 0.1) is 12.2 Å². The summed E-state index contributed by atoms with van der Waals surface area (Å²) in [5, 5.41) is 0. The molecule has 1 aromatic rings. The standard InChI is InChI=1S/C14H20F3NO2/c1-11-10-12(4-5-13(11)14(15,16)17)20-9-7-18(2)6-8-19-3/h4-5,10H,6-9H2,1-3H3. The van der Waals surface area contributed by atoms with E-state index in [0.29, 0.717) is 25.5 Å². The number of rotatable bonds is 7. The molecule has 0 aliphatic carbocycles. The second-order valence-corrected chi connectivity index (χ2v) is 4.62. The number of alkyl halides is 3. The third-order valence-electron chi connectivity index (χ3n) is 2.92. The van der Waals surface area contributed by atoms with Gasteiger partial charge in [0.25, 0.3) is 0 Å². The zero-order valence-corrected chi connectivity index (χ0v) is 12.0. The monoisotopic (exact) mass is 291 g/mol. The lowest BCUT2D eigenvalue weighted by atomic mass is 10.1. The Balaban J connectivity index is 2.48. The van der Waals surface area contributed by atoms with Gasteiger partial charge in [-0.25, -0.2) is 0 Å². The van der Waals surface area contributed by atoms with Crippen LogP contribution in [0.25, 0.3) is 0 Å². The Morgan fingerprint density at radius 3 is 2.35 bits per heavy atom. The fourth-order valence-corrected chi connectivity index (χ4v) is 1.72. The summed E-state index contributed by atoms with van der Waals surface area (Å²) in [5.74, 6) is 0.454. The SMILES string of the molecule is COCCN(C)CCOc1ccc(C(F)(F)F)c(C)c1. The van der Waals surface area contributed by atoms with E-state index in [1.807, 2.05) is 11.9 Å². The molecule has 0 amide bonds. The van der Waals surface area contributed by atoms with Gasteiger partial charge in [-0.2, -0.15) is 13.2 Å². The molecule has 3 nitrogen and oxygen atoms in total. The average molecular weight is 291 g/mol. The zero-order valence-electron chi connectivity index (χ0n) is 12.0. The molecular weight excluding hydrogens is 271 g/mol. The van der Waals surface area contributed by atoms with Crippen LogP contribution in [0.2, 0.25) is 0 Å². The number of hydrogen-bond donors (Lipinski definition) is 0. The van der Waals surface area contributed by atoms with Gasteiger partial charge in [-0.15, -0.1) is 0 Å². The lowest BCUT2D eigenvalue weighted by Crippen LogP contribution is -2.27. The van der Waals surface area contributed by atoms with Crippen LogP contribution in [0.5, 0.6) is 5.75 Å². The van der Waals surface area contributed by atoms with Gasteiger partial charge in [-0.3, -0.25) is 0 Å². The van der Waals surface area contributed by atoms with Crippen molar-refractivity contribution in [2.45, 2.75) is 13.1 Å². The third kappa shape index (κ3) is 5.38. The van der Waals surface area contributed by atoms with Crippen LogP contribution in [0.3, 0.4) is 0 Å². The van der Waals surface area contributed by atoms with Crippen LogP contribution >= 0.6 is 0 Å². The Labute approximate surface area is 117 Å². The molecule has 0 N–H and O–H groups in total. The van der Waals surface area contributed by atoms with Crippen LogP contribution < -0.4 is 4.74 Å². The number of methoxy groups -OCH3 is 1. The molecule has 1 rings (SSSR count). The van der Waals surface area contributed by atoms with E-state index in [-0.39, 0.29) is 5.56 Å². The third-order valence-corrected chi connectivity index (χ3v) is 2.92. The maximum absolute atomic E-state index is 12.6. The summed E-state index contributed by atoms with van der Waals surface area (Å²) < 4.78 is 48.2. The number of halogens is 3. The first-order valence-electron chi connectivity index (χ1n) is 6.32. The smallest absolute Gasteiger partial charge is 0.416 e. The molecule has 0 radical (unpaired) electrons. The summed E-state index contributed by atoms with van der Waals surface area (Å²) in [6.45, 7) is 3.95. The molecule has 0 bridgehead atoms. The molecule has 0 saturated carbocycles. The van der Waals surface area contributed by atoms with Gasteiger partial charge in [0.1, 0.15) is 12.4 Å². The predicted octanol–water partition coefficient (Wildman–Crippen LogP) is 2.97. The van der Waals surface area contributed by atoms with Crippen LogP contribution in [0.4, 0.5) is 13.2 Å². The van der Waals surface area contributed by atoms with Gasteiger partial charge in [-0.1, -0.05) is 0 Å². The molecular formula is C14H20F3NO2. The minimum absolute atomic E-state index is 0.169. The second kappa shape index (κ2) is 7.50. The molecule has 0 aliphatic heterocycles. The van der Waals surface area contributed by atoms with E-state index in [0.717, 1.165) is 12.6 Å². The summed E-state index contributed by atoms with van der Waals surface area (Å²) in [4.78, 5) is 2.03. The van der Waals surface area contributed by atoms with Crippen molar-refractivity contribution >= 4 is 0 Å². The molecule has 0 fully saturated rings. The summed E-state index contributed by atoms with van der Waals surface area (Å²) >= 11 is 0. The van der Waals surface area contributed by atoms with Crippen molar-refractivity contribution in [1.29, 1.82) is 0 Å². The number of hydrogen-bond acceptors (Lipinski definition) is 3. The van der Waals surface area contributed by atoms with Crippen LogP contribution in [-0.2, 0) is 10.9 Å². The van der Waals surface area contributed by atoms with Crippen molar-refractivity contribution in [1.82, 2.24) is 4.90 Å². The van der Waals surface area contributed by atoms with Crippen molar-refractivity contribution < 1.29 is 22.6 Å². The van der Waals surface area contributed by atoms with Crippen molar-refractivity contribution in [3.8, 4) is 5.75 Å². The molecule has 114 valence electrons. The van der Waals surface area contributed by atoms with E-state index in [1.54, 1.807) is 7.11 Å². The lowest BCUT2D eigenvalue weighted by molar-refractivity contribution is -0.138. The second-order valence-electron chi connectivity index (χ2n) is 4.62. The van der Waals surface area contributed by atoms with Crippen molar-refractivity contribution in [2.75, 3.05) is 40.5 Å². The molecule has 20 heavy (non-hydrogen) atoms. The van der Waals surface area contributed by atoms with Gasteiger partial charge >= 0.3 is 6.18 Å². The highest BCUT2D eigenvalue weighted by Crippen LogP contribution is 2.33. The minimum Gasteiger partial charge on any atom is -0.492 e. The predicted molar refractivity (Wildman–Crippen MR) is 71.0 cm³/mol. The maximum Gasteiger partial charge on any atom is 0.416 e. The quantitative estimate of drug-likeness (QED) is 0.771. The first kappa shape index (κ1) is 16.8. The molecule has 0 aliphatic rings. The Morgan fingerprint density at radius 2 is 1.80 bits per heavy atom. The van der Waals surface area contributed by atoms with E-state index in [9.17, 15) is 13.2 Å². The van der Waals surface area contributed by atoms with Crippen molar-refractivity contribution in [2.24, 2.45) is 0 Å². The number of likely N-dealkylation sites (N-methyl/N-ethyl adjacent to an activating group) is 1. The first-order valence-corrected chi connectivity index (χ1v) is 6.32. The summed E-state index contributed by atoms with van der Waals surface area (Å²) in [7, 11) is 3.57. The van der Waals surface area contributed by atoms with E-state index in [4.69, 9.17) is 9.47 Å². The average Bonchev–Trinajstić information content (AvgIpc) is 2.35. The molecule has 0 heterocycles. The Kier molecular flexibility index (Phi) is 6.29. The van der Waals surface area contributed by atoms with Crippen LogP contribution in [-0.4, -0.2) is 45.4 Å². The Bertz CT molecular complexity index is 421. The van der Waals surface area contributed by atoms with E-state index in [1.165, 1.54) is 19.1 Å². The highest BCUT2D eigenvalue weighted by Gasteiger charge is 2.32. The van der Waals surface area contributed by atoms with Gasteiger partial charge in [0.15, 0.2) is 0 Å². The number of ether oxygens (including phenoxy) is 2. The fourth-order valence-electron chi connectivity index (χ4n) is 1.72. The number of nitrogens with zero attached hydrogens (tertiary/aromatic N) is 1. The normalized spacial score (nSPS) is 11.9. The summed E-state index contributed by atoms with van der Waals surface area (Å²) in [6.07, 6.45) is -4.32. The van der Waals surface area contributed by atoms with E-state index < -0.39 is 11.7 Å². The van der Waals surface area contributed by atoms with Gasteiger partial charge in [0, 0.05) is 20.2 Å². The molecule has 0 aromatic heterocycles. The molecule has 0 saturated heterocycles. The summed E-state index contributed by atoms with van der Waals surface area (Å²) in [5.41, 5.74) is -0.454. The maximum atomic E-state index is 12.6. The highest BCUT2D eigenvalue weighted by molar-refractivity contribution is 5.36. The van der Waals surface area contributed by atoms with Gasteiger partial charge in [-0.05, 0) is 37.7 Å². The molecule has 6 heteroatoms. The topological polar surface area (TPSA) is 21.7 Å². The van der Waals surface area contributed by atoms with E-state index >= 15 is 0 Å². The van der Waals surface area contributed by atoms with Crippen LogP contribution in [0, 0.1) is 6.92 Å². The molecule has 0 spiro atoms. The minimum atomic E-state index is -4.32. The molecule has 1 aromatic carbocycles. The summed E-state index contributed by atoms with van der Waals surface area (Å²) in [6, 6.07) is 3.82. The van der Waals surface area contributed by atoms with Crippen LogP contribution in [0.15, 0.2) is 18.2 Å². The largest absolute Gasteiger partial charge is 0.492 e. The Morgan fingerprint density at radius 1 is 1.15 bits per heavy atom. The van der Waals surface area contributed by atoms with E-state index in [2.05, 4.69) is 0 Å². The van der Waals surface area contributed by atoms with Crippen molar-refractivity contribution in [3.63, 3.8) is 0 Å². The number of aryl methyl sites for hydroxylation is 1. The highest BCUT2D eigenvalue weighted by atomic mass is 19.4. The molecule has 0 unspecified atom stereocenters. The van der Waals surface area contributed by atoms with Crippen molar-refractivity contribution in [3.05, 3.63) is 29.3 Å². The fraction of sp³-hybridized carbons (Fsp3) is 0.571. The molecule has 0 atom stereocenters. The van der Waals surface area contributed by atoms with Gasteiger partial charge < -0.3 is 14.4 Å². The zero-order chi connectivity index (χ0) is 15.2. The lowest BCUT2D eigenvalue weighted by Gasteiger charge is -2.17. The number of benzene rings is 1. The Hall–Kier alpha value is -1.27. The first-order chi connectivity index (χ1) is 9.34. The van der Waals surface area contributed by atoms with Crippen LogP contribution in [0.1, 0.15) is 11.1 Å². The van der Waals surface area contributed by atoms with Gasteiger partial charge in [0.2, 0.25) is 0 Å².